The Morgan fingerprint density at radius 2 is 2.00 bits per heavy atom. The summed E-state index contributed by atoms with van der Waals surface area (Å²) < 4.78 is 11.9. The molecule has 2 aromatic rings. The summed E-state index contributed by atoms with van der Waals surface area (Å²) in [4.78, 5) is 21.8. The van der Waals surface area contributed by atoms with Gasteiger partial charge in [-0.3, -0.25) is 9.89 Å². The van der Waals surface area contributed by atoms with Crippen molar-refractivity contribution in [2.75, 3.05) is 31.6 Å². The van der Waals surface area contributed by atoms with Gasteiger partial charge in [-0.15, -0.1) is 0 Å². The van der Waals surface area contributed by atoms with Crippen LogP contribution >= 0.6 is 0 Å². The predicted molar refractivity (Wildman–Crippen MR) is 128 cm³/mol. The van der Waals surface area contributed by atoms with Gasteiger partial charge in [0.25, 0.3) is 0 Å². The van der Waals surface area contributed by atoms with Gasteiger partial charge in [-0.2, -0.15) is 5.10 Å². The van der Waals surface area contributed by atoms with Gasteiger partial charge in [0.2, 0.25) is 5.91 Å². The largest absolute Gasteiger partial charge is 0.493 e. The molecule has 0 radical (unpaired) electrons. The van der Waals surface area contributed by atoms with Crippen LogP contribution in [0.3, 0.4) is 0 Å². The summed E-state index contributed by atoms with van der Waals surface area (Å²) in [5.41, 5.74) is 1.12. The van der Waals surface area contributed by atoms with E-state index in [-0.39, 0.29) is 24.5 Å². The molecule has 0 bridgehead atoms. The standard InChI is InChI=1S/C25H37N5O3/c1-17(2)13-20-16-29(11-12-30(20)25(31)15-24-26-18(3)27-28-24)19-9-10-22(32-4)23(14-19)33-21-7-5-6-8-21/h9-10,14,17,20-21H,5-8,11-13,15-16H2,1-4H3,(H,26,27,28). The Labute approximate surface area is 196 Å². The van der Waals surface area contributed by atoms with Gasteiger partial charge in [0.15, 0.2) is 17.3 Å². The van der Waals surface area contributed by atoms with Crippen LogP contribution in [-0.2, 0) is 11.2 Å². The number of anilines is 1. The minimum absolute atomic E-state index is 0.0966. The van der Waals surface area contributed by atoms with E-state index in [9.17, 15) is 4.79 Å². The molecule has 1 N–H and O–H groups in total. The molecule has 4 rings (SSSR count). The van der Waals surface area contributed by atoms with E-state index in [2.05, 4.69) is 46.1 Å². The summed E-state index contributed by atoms with van der Waals surface area (Å²) in [6.07, 6.45) is 6.14. The van der Waals surface area contributed by atoms with Crippen LogP contribution in [0.15, 0.2) is 18.2 Å². The van der Waals surface area contributed by atoms with Crippen LogP contribution in [0, 0.1) is 12.8 Å². The van der Waals surface area contributed by atoms with E-state index in [1.54, 1.807) is 7.11 Å². The Morgan fingerprint density at radius 3 is 2.67 bits per heavy atom. The summed E-state index contributed by atoms with van der Waals surface area (Å²) >= 11 is 0. The van der Waals surface area contributed by atoms with Crippen LogP contribution in [-0.4, -0.2) is 64.9 Å². The topological polar surface area (TPSA) is 83.6 Å². The minimum atomic E-state index is 0.0966. The maximum Gasteiger partial charge on any atom is 0.230 e. The number of piperazine rings is 1. The second-order valence-corrected chi connectivity index (χ2v) is 9.69. The fourth-order valence-electron chi connectivity index (χ4n) is 5.01. The molecule has 2 heterocycles. The van der Waals surface area contributed by atoms with Crippen LogP contribution in [0.2, 0.25) is 0 Å². The zero-order chi connectivity index (χ0) is 23.4. The Hall–Kier alpha value is -2.77. The van der Waals surface area contributed by atoms with Gasteiger partial charge in [-0.1, -0.05) is 13.8 Å². The summed E-state index contributed by atoms with van der Waals surface area (Å²) in [5, 5.41) is 6.97. The molecule has 2 fully saturated rings. The van der Waals surface area contributed by atoms with Gasteiger partial charge in [0.05, 0.1) is 19.6 Å². The van der Waals surface area contributed by atoms with Crippen molar-refractivity contribution in [3.8, 4) is 11.5 Å². The number of hydrogen-bond donors (Lipinski definition) is 1. The highest BCUT2D eigenvalue weighted by molar-refractivity contribution is 5.78. The number of amides is 1. The first-order valence-corrected chi connectivity index (χ1v) is 12.2. The molecule has 1 saturated carbocycles. The fourth-order valence-corrected chi connectivity index (χ4v) is 5.01. The molecule has 1 amide bonds. The van der Waals surface area contributed by atoms with Crippen molar-refractivity contribution < 1.29 is 14.3 Å². The first kappa shape index (κ1) is 23.4. The van der Waals surface area contributed by atoms with Crippen molar-refractivity contribution in [3.05, 3.63) is 29.8 Å². The van der Waals surface area contributed by atoms with E-state index in [0.717, 1.165) is 55.4 Å². The highest BCUT2D eigenvalue weighted by atomic mass is 16.5. The Kier molecular flexibility index (Phi) is 7.40. The molecule has 1 unspecified atom stereocenters. The molecule has 0 spiro atoms. The third kappa shape index (κ3) is 5.78. The molecule has 33 heavy (non-hydrogen) atoms. The zero-order valence-corrected chi connectivity index (χ0v) is 20.3. The number of aryl methyl sites for hydroxylation is 1. The molecule has 1 saturated heterocycles. The number of carbonyl (C=O) groups excluding carboxylic acids is 1. The van der Waals surface area contributed by atoms with Crippen molar-refractivity contribution in [2.45, 2.75) is 71.4 Å². The Morgan fingerprint density at radius 1 is 1.21 bits per heavy atom. The number of aromatic amines is 1. The van der Waals surface area contributed by atoms with Gasteiger partial charge < -0.3 is 19.3 Å². The molecule has 8 nitrogen and oxygen atoms in total. The van der Waals surface area contributed by atoms with Crippen LogP contribution < -0.4 is 14.4 Å². The van der Waals surface area contributed by atoms with E-state index < -0.39 is 0 Å². The zero-order valence-electron chi connectivity index (χ0n) is 20.3. The number of benzene rings is 1. The molecule has 1 aromatic carbocycles. The van der Waals surface area contributed by atoms with Crippen molar-refractivity contribution in [2.24, 2.45) is 5.92 Å². The fraction of sp³-hybridized carbons (Fsp3) is 0.640. The number of carbonyl (C=O) groups is 1. The second kappa shape index (κ2) is 10.4. The van der Waals surface area contributed by atoms with Gasteiger partial charge >= 0.3 is 0 Å². The number of nitrogens with zero attached hydrogens (tertiary/aromatic N) is 4. The highest BCUT2D eigenvalue weighted by Gasteiger charge is 2.32. The normalized spacial score (nSPS) is 19.4. The van der Waals surface area contributed by atoms with E-state index >= 15 is 0 Å². The third-order valence-corrected chi connectivity index (χ3v) is 6.61. The van der Waals surface area contributed by atoms with Gasteiger partial charge in [0, 0.05) is 37.4 Å². The maximum absolute atomic E-state index is 13.1. The third-order valence-electron chi connectivity index (χ3n) is 6.61. The predicted octanol–water partition coefficient (Wildman–Crippen LogP) is 3.75. The lowest BCUT2D eigenvalue weighted by atomic mass is 9.99. The van der Waals surface area contributed by atoms with Gasteiger partial charge in [-0.05, 0) is 57.1 Å². The van der Waals surface area contributed by atoms with Gasteiger partial charge in [0.1, 0.15) is 5.82 Å². The molecule has 180 valence electrons. The second-order valence-electron chi connectivity index (χ2n) is 9.69. The summed E-state index contributed by atoms with van der Waals surface area (Å²) in [6, 6.07) is 6.35. The number of rotatable bonds is 8. The number of nitrogens with one attached hydrogen (secondary N) is 1. The number of ether oxygens (including phenoxy) is 2. The van der Waals surface area contributed by atoms with E-state index in [0.29, 0.717) is 18.3 Å². The van der Waals surface area contributed by atoms with E-state index in [1.165, 1.54) is 12.8 Å². The molecule has 8 heteroatoms. The van der Waals surface area contributed by atoms with Crippen molar-refractivity contribution >= 4 is 11.6 Å². The molecule has 1 aromatic heterocycles. The van der Waals surface area contributed by atoms with Crippen molar-refractivity contribution in [1.29, 1.82) is 0 Å². The number of hydrogen-bond acceptors (Lipinski definition) is 6. The lowest BCUT2D eigenvalue weighted by Crippen LogP contribution is -2.56. The Balaban J connectivity index is 1.48. The number of methoxy groups -OCH3 is 1. The summed E-state index contributed by atoms with van der Waals surface area (Å²) in [6.45, 7) is 8.53. The monoisotopic (exact) mass is 455 g/mol. The van der Waals surface area contributed by atoms with Crippen molar-refractivity contribution in [1.82, 2.24) is 20.1 Å². The van der Waals surface area contributed by atoms with E-state index in [1.807, 2.05) is 17.9 Å². The van der Waals surface area contributed by atoms with E-state index in [4.69, 9.17) is 9.47 Å². The SMILES string of the molecule is COc1ccc(N2CCN(C(=O)Cc3n[nH]c(C)n3)C(CC(C)C)C2)cc1OC1CCCC1. The molecular weight excluding hydrogens is 418 g/mol. The lowest BCUT2D eigenvalue weighted by Gasteiger charge is -2.43. The van der Waals surface area contributed by atoms with Crippen molar-refractivity contribution in [3.63, 3.8) is 0 Å². The highest BCUT2D eigenvalue weighted by Crippen LogP contribution is 2.36. The first-order valence-electron chi connectivity index (χ1n) is 12.2. The summed E-state index contributed by atoms with van der Waals surface area (Å²) in [5.74, 6) is 3.48. The Bertz CT molecular complexity index is 938. The average Bonchev–Trinajstić information content (AvgIpc) is 3.44. The number of aromatic nitrogens is 3. The quantitative estimate of drug-likeness (QED) is 0.653. The first-order chi connectivity index (χ1) is 15.9. The van der Waals surface area contributed by atoms with Crippen LogP contribution in [0.1, 0.15) is 57.6 Å². The van der Waals surface area contributed by atoms with Crippen LogP contribution in [0.5, 0.6) is 11.5 Å². The summed E-state index contributed by atoms with van der Waals surface area (Å²) in [7, 11) is 1.69. The van der Waals surface area contributed by atoms with Crippen LogP contribution in [0.25, 0.3) is 0 Å². The smallest absolute Gasteiger partial charge is 0.230 e. The minimum Gasteiger partial charge on any atom is -0.493 e. The molecular formula is C25H37N5O3. The molecule has 1 aliphatic heterocycles. The van der Waals surface area contributed by atoms with Gasteiger partial charge in [-0.25, -0.2) is 4.98 Å². The lowest BCUT2D eigenvalue weighted by molar-refractivity contribution is -0.133. The molecule has 1 atom stereocenters. The van der Waals surface area contributed by atoms with Crippen LogP contribution in [0.4, 0.5) is 5.69 Å². The maximum atomic E-state index is 13.1. The average molecular weight is 456 g/mol. The molecule has 2 aliphatic rings. The number of H-pyrrole nitrogens is 1. The molecule has 1 aliphatic carbocycles.